The van der Waals surface area contributed by atoms with Gasteiger partial charge in [0.1, 0.15) is 17.8 Å². The van der Waals surface area contributed by atoms with Crippen LogP contribution in [0.15, 0.2) is 48.9 Å². The minimum atomic E-state index is -1.07. The number of carbonyl (C=O) groups excluding carboxylic acids is 4. The average Bonchev–Trinajstić information content (AvgIpc) is 3.23. The minimum absolute atomic E-state index is 0.0765. The van der Waals surface area contributed by atoms with Gasteiger partial charge in [0.05, 0.1) is 18.6 Å². The lowest BCUT2D eigenvalue weighted by molar-refractivity contribution is -0.139. The standard InChI is InChI=1S/C26H34BN5O6/c1-16(2)12-22(27-37-21(26(36)38-27)14-23(33)30-17(3)4)32-24(34)19(13-18-8-6-5-7-9-18)31-25(35)20-15-28-10-11-29-20/h5-11,15-17,19,21-22H,12-14H2,1-4H3,(H,30,33)(H,31,35)(H,32,34)/t19?,21?,22-/m0/s1. The predicted molar refractivity (Wildman–Crippen MR) is 139 cm³/mol. The molecule has 202 valence electrons. The molecule has 11 nitrogen and oxygen atoms in total. The van der Waals surface area contributed by atoms with E-state index in [0.29, 0.717) is 6.42 Å². The first-order valence-corrected chi connectivity index (χ1v) is 12.7. The van der Waals surface area contributed by atoms with E-state index in [-0.39, 0.29) is 36.4 Å². The Labute approximate surface area is 222 Å². The van der Waals surface area contributed by atoms with Crippen LogP contribution in [-0.2, 0) is 30.1 Å². The van der Waals surface area contributed by atoms with Gasteiger partial charge in [0.15, 0.2) is 0 Å². The van der Waals surface area contributed by atoms with Gasteiger partial charge in [-0.2, -0.15) is 0 Å². The molecule has 3 rings (SSSR count). The molecule has 2 aromatic rings. The molecule has 1 fully saturated rings. The molecule has 3 atom stereocenters. The van der Waals surface area contributed by atoms with Crippen molar-refractivity contribution in [1.29, 1.82) is 0 Å². The van der Waals surface area contributed by atoms with Crippen molar-refractivity contribution < 1.29 is 28.5 Å². The Kier molecular flexibility index (Phi) is 10.3. The molecule has 1 aliphatic heterocycles. The SMILES string of the molecule is CC(C)C[C@H](NC(=O)C(Cc1ccccc1)NC(=O)c1cnccn1)B1OC(=O)C(CC(=O)NC(C)C)O1. The fraction of sp³-hybridized carbons (Fsp3) is 0.462. The number of carbonyl (C=O) groups is 4. The first kappa shape index (κ1) is 28.8. The van der Waals surface area contributed by atoms with Crippen LogP contribution in [0.5, 0.6) is 0 Å². The summed E-state index contributed by atoms with van der Waals surface area (Å²) >= 11 is 0. The van der Waals surface area contributed by atoms with Crippen molar-refractivity contribution >= 4 is 30.8 Å². The van der Waals surface area contributed by atoms with E-state index in [0.717, 1.165) is 5.56 Å². The molecule has 2 heterocycles. The molecule has 3 N–H and O–H groups in total. The van der Waals surface area contributed by atoms with E-state index in [4.69, 9.17) is 9.31 Å². The van der Waals surface area contributed by atoms with Crippen LogP contribution in [0.3, 0.4) is 0 Å². The molecule has 0 radical (unpaired) electrons. The highest BCUT2D eigenvalue weighted by atomic mass is 16.7. The van der Waals surface area contributed by atoms with Gasteiger partial charge in [-0.15, -0.1) is 0 Å². The van der Waals surface area contributed by atoms with Gasteiger partial charge < -0.3 is 25.3 Å². The van der Waals surface area contributed by atoms with E-state index >= 15 is 0 Å². The van der Waals surface area contributed by atoms with Crippen molar-refractivity contribution in [3.8, 4) is 0 Å². The lowest BCUT2D eigenvalue weighted by atomic mass is 9.74. The molecule has 1 saturated heterocycles. The minimum Gasteiger partial charge on any atom is -0.506 e. The summed E-state index contributed by atoms with van der Waals surface area (Å²) in [5.74, 6) is -2.59. The monoisotopic (exact) mass is 523 g/mol. The second-order valence-corrected chi connectivity index (χ2v) is 9.91. The van der Waals surface area contributed by atoms with Crippen LogP contribution in [0.4, 0.5) is 0 Å². The molecular formula is C26H34BN5O6. The van der Waals surface area contributed by atoms with Gasteiger partial charge in [-0.3, -0.25) is 24.2 Å². The Balaban J connectivity index is 1.74. The van der Waals surface area contributed by atoms with Crippen molar-refractivity contribution in [2.75, 3.05) is 0 Å². The Morgan fingerprint density at radius 3 is 2.39 bits per heavy atom. The van der Waals surface area contributed by atoms with Crippen molar-refractivity contribution in [3.05, 3.63) is 60.2 Å². The van der Waals surface area contributed by atoms with E-state index < -0.39 is 43.0 Å². The molecule has 38 heavy (non-hydrogen) atoms. The molecule has 0 saturated carbocycles. The van der Waals surface area contributed by atoms with Crippen LogP contribution in [-0.4, -0.2) is 64.9 Å². The molecular weight excluding hydrogens is 489 g/mol. The van der Waals surface area contributed by atoms with Crippen LogP contribution in [0.1, 0.15) is 56.6 Å². The number of aromatic nitrogens is 2. The first-order valence-electron chi connectivity index (χ1n) is 12.7. The van der Waals surface area contributed by atoms with E-state index in [9.17, 15) is 19.2 Å². The summed E-state index contributed by atoms with van der Waals surface area (Å²) in [5.41, 5.74) is 0.917. The number of rotatable bonds is 12. The van der Waals surface area contributed by atoms with Crippen LogP contribution in [0, 0.1) is 5.92 Å². The fourth-order valence-corrected chi connectivity index (χ4v) is 4.03. The van der Waals surface area contributed by atoms with Crippen molar-refractivity contribution in [2.45, 2.75) is 71.1 Å². The maximum absolute atomic E-state index is 13.5. The van der Waals surface area contributed by atoms with Gasteiger partial charge in [-0.05, 0) is 31.7 Å². The van der Waals surface area contributed by atoms with E-state index in [2.05, 4.69) is 25.9 Å². The van der Waals surface area contributed by atoms with E-state index in [1.165, 1.54) is 18.6 Å². The number of benzene rings is 1. The van der Waals surface area contributed by atoms with Gasteiger partial charge in [0, 0.05) is 24.9 Å². The summed E-state index contributed by atoms with van der Waals surface area (Å²) in [6.07, 6.45) is 3.56. The van der Waals surface area contributed by atoms with Crippen LogP contribution in [0.25, 0.3) is 0 Å². The smallest absolute Gasteiger partial charge is 0.506 e. The fourth-order valence-electron chi connectivity index (χ4n) is 4.03. The zero-order valence-electron chi connectivity index (χ0n) is 22.0. The van der Waals surface area contributed by atoms with Gasteiger partial charge in [0.2, 0.25) is 11.8 Å². The van der Waals surface area contributed by atoms with Crippen molar-refractivity contribution in [1.82, 2.24) is 25.9 Å². The number of hydrogen-bond donors (Lipinski definition) is 3. The summed E-state index contributed by atoms with van der Waals surface area (Å²) in [6, 6.07) is 8.23. The molecule has 1 aliphatic rings. The molecule has 12 heteroatoms. The van der Waals surface area contributed by atoms with Crippen LogP contribution < -0.4 is 16.0 Å². The normalized spacial score (nSPS) is 16.6. The average molecular weight is 523 g/mol. The first-order chi connectivity index (χ1) is 18.1. The third-order valence-electron chi connectivity index (χ3n) is 5.70. The van der Waals surface area contributed by atoms with E-state index in [1.54, 1.807) is 0 Å². The quantitative estimate of drug-likeness (QED) is 0.352. The largest absolute Gasteiger partial charge is 0.552 e. The molecule has 1 aromatic heterocycles. The van der Waals surface area contributed by atoms with Crippen molar-refractivity contribution in [3.63, 3.8) is 0 Å². The molecule has 3 amide bonds. The zero-order chi connectivity index (χ0) is 27.7. The summed E-state index contributed by atoms with van der Waals surface area (Å²) < 4.78 is 11.2. The van der Waals surface area contributed by atoms with Gasteiger partial charge in [-0.1, -0.05) is 44.2 Å². The lowest BCUT2D eigenvalue weighted by Gasteiger charge is -2.25. The summed E-state index contributed by atoms with van der Waals surface area (Å²) in [6.45, 7) is 7.55. The van der Waals surface area contributed by atoms with Gasteiger partial charge in [-0.25, -0.2) is 4.98 Å². The number of nitrogens with one attached hydrogen (secondary N) is 3. The Hall–Kier alpha value is -3.80. The van der Waals surface area contributed by atoms with Gasteiger partial charge in [0.25, 0.3) is 5.91 Å². The highest BCUT2D eigenvalue weighted by Crippen LogP contribution is 2.20. The highest BCUT2D eigenvalue weighted by Gasteiger charge is 2.47. The Bertz CT molecular complexity index is 1100. The number of hydrogen-bond acceptors (Lipinski definition) is 8. The summed E-state index contributed by atoms with van der Waals surface area (Å²) in [4.78, 5) is 58.8. The molecule has 0 bridgehead atoms. The maximum atomic E-state index is 13.5. The maximum Gasteiger partial charge on any atom is 0.552 e. The second kappa shape index (κ2) is 13.7. The molecule has 2 unspecified atom stereocenters. The van der Waals surface area contributed by atoms with Crippen LogP contribution in [0.2, 0.25) is 0 Å². The molecule has 1 aromatic carbocycles. The third-order valence-corrected chi connectivity index (χ3v) is 5.70. The highest BCUT2D eigenvalue weighted by molar-refractivity contribution is 6.51. The Morgan fingerprint density at radius 2 is 1.76 bits per heavy atom. The zero-order valence-corrected chi connectivity index (χ0v) is 22.0. The molecule has 0 spiro atoms. The number of nitrogens with zero attached hydrogens (tertiary/aromatic N) is 2. The van der Waals surface area contributed by atoms with Crippen LogP contribution >= 0.6 is 0 Å². The molecule has 0 aliphatic carbocycles. The predicted octanol–water partition coefficient (Wildman–Crippen LogP) is 1.23. The second-order valence-electron chi connectivity index (χ2n) is 9.91. The summed E-state index contributed by atoms with van der Waals surface area (Å²) in [7, 11) is -1.07. The van der Waals surface area contributed by atoms with E-state index in [1.807, 2.05) is 58.0 Å². The topological polar surface area (TPSA) is 149 Å². The lowest BCUT2D eigenvalue weighted by Crippen LogP contribution is -2.55. The summed E-state index contributed by atoms with van der Waals surface area (Å²) in [5, 5.41) is 8.36. The number of amides is 3. The Morgan fingerprint density at radius 1 is 1.03 bits per heavy atom. The van der Waals surface area contributed by atoms with Gasteiger partial charge >= 0.3 is 13.1 Å². The van der Waals surface area contributed by atoms with Crippen molar-refractivity contribution in [2.24, 2.45) is 5.92 Å². The third kappa shape index (κ3) is 8.65.